The maximum Gasteiger partial charge on any atom is 0.135 e. The number of hydrogen-bond acceptors (Lipinski definition) is 4. The summed E-state index contributed by atoms with van der Waals surface area (Å²) in [4.78, 5) is 0. The third kappa shape index (κ3) is 2.87. The van der Waals surface area contributed by atoms with E-state index in [2.05, 4.69) is 41.7 Å². The average Bonchev–Trinajstić information content (AvgIpc) is 3.22. The first-order valence-corrected chi connectivity index (χ1v) is 10.6. The Labute approximate surface area is 175 Å². The van der Waals surface area contributed by atoms with E-state index in [0.29, 0.717) is 11.7 Å². The standard InChI is InChI=1S/C26H23NO3/c28-19-7-3-6-18(13-19)25-20-8-4-12-29-26(20)21-14-17(10-11-22(21)27-25)24-15-16-5-1-2-9-23(16)30-24/h1-3,5-7,9-11,13-15,20,25-28H,4,8,12H2/t20-,25+,26?/m0/s1. The van der Waals surface area contributed by atoms with Crippen LogP contribution in [0.1, 0.15) is 36.1 Å². The second-order valence-electron chi connectivity index (χ2n) is 8.26. The minimum atomic E-state index is 0.0340. The lowest BCUT2D eigenvalue weighted by Gasteiger charge is -2.43. The van der Waals surface area contributed by atoms with E-state index in [-0.39, 0.29) is 12.1 Å². The second kappa shape index (κ2) is 6.92. The minimum Gasteiger partial charge on any atom is -0.508 e. The topological polar surface area (TPSA) is 54.6 Å². The molecular weight excluding hydrogens is 374 g/mol. The maximum absolute atomic E-state index is 9.99. The molecule has 4 nitrogen and oxygen atoms in total. The molecule has 150 valence electrons. The molecule has 0 bridgehead atoms. The summed E-state index contributed by atoms with van der Waals surface area (Å²) in [5.41, 5.74) is 5.34. The van der Waals surface area contributed by atoms with Crippen molar-refractivity contribution in [2.75, 3.05) is 11.9 Å². The van der Waals surface area contributed by atoms with Crippen LogP contribution in [0.25, 0.3) is 22.3 Å². The third-order valence-corrected chi connectivity index (χ3v) is 6.40. The number of nitrogens with one attached hydrogen (secondary N) is 1. The van der Waals surface area contributed by atoms with Gasteiger partial charge in [-0.05, 0) is 60.9 Å². The molecule has 30 heavy (non-hydrogen) atoms. The first-order chi connectivity index (χ1) is 14.8. The number of para-hydroxylation sites is 1. The van der Waals surface area contributed by atoms with Crippen LogP contribution < -0.4 is 5.32 Å². The molecule has 1 aromatic heterocycles. The zero-order chi connectivity index (χ0) is 20.1. The summed E-state index contributed by atoms with van der Waals surface area (Å²) in [7, 11) is 0. The fraction of sp³-hybridized carbons (Fsp3) is 0.231. The summed E-state index contributed by atoms with van der Waals surface area (Å²) in [6, 6.07) is 24.3. The molecule has 0 radical (unpaired) electrons. The Bertz CT molecular complexity index is 1190. The number of rotatable bonds is 2. The smallest absolute Gasteiger partial charge is 0.135 e. The summed E-state index contributed by atoms with van der Waals surface area (Å²) in [6.07, 6.45) is 2.18. The van der Waals surface area contributed by atoms with Crippen LogP contribution in [0.4, 0.5) is 5.69 Å². The number of phenols is 1. The highest BCUT2D eigenvalue weighted by Crippen LogP contribution is 2.50. The van der Waals surface area contributed by atoms with Gasteiger partial charge in [-0.25, -0.2) is 0 Å². The van der Waals surface area contributed by atoms with Gasteiger partial charge >= 0.3 is 0 Å². The van der Waals surface area contributed by atoms with Crippen molar-refractivity contribution in [3.05, 3.63) is 83.9 Å². The maximum atomic E-state index is 9.99. The number of ether oxygens (including phenoxy) is 1. The molecule has 3 heterocycles. The van der Waals surface area contributed by atoms with Gasteiger partial charge < -0.3 is 19.6 Å². The first kappa shape index (κ1) is 17.6. The molecule has 1 saturated heterocycles. The quantitative estimate of drug-likeness (QED) is 0.409. The lowest BCUT2D eigenvalue weighted by molar-refractivity contribution is -0.0381. The van der Waals surface area contributed by atoms with Crippen LogP contribution in [0, 0.1) is 5.92 Å². The molecule has 0 aliphatic carbocycles. The van der Waals surface area contributed by atoms with Gasteiger partial charge in [0.2, 0.25) is 0 Å². The van der Waals surface area contributed by atoms with Gasteiger partial charge in [0.05, 0.1) is 12.1 Å². The minimum absolute atomic E-state index is 0.0340. The molecule has 0 amide bonds. The zero-order valence-corrected chi connectivity index (χ0v) is 16.5. The lowest BCUT2D eigenvalue weighted by Crippen LogP contribution is -2.36. The predicted molar refractivity (Wildman–Crippen MR) is 118 cm³/mol. The van der Waals surface area contributed by atoms with Crippen molar-refractivity contribution < 1.29 is 14.3 Å². The van der Waals surface area contributed by atoms with E-state index in [0.717, 1.165) is 53.0 Å². The second-order valence-corrected chi connectivity index (χ2v) is 8.26. The highest BCUT2D eigenvalue weighted by atomic mass is 16.5. The summed E-state index contributed by atoms with van der Waals surface area (Å²) in [5, 5.41) is 14.8. The lowest BCUT2D eigenvalue weighted by atomic mass is 9.77. The Morgan fingerprint density at radius 1 is 0.933 bits per heavy atom. The third-order valence-electron chi connectivity index (χ3n) is 6.40. The number of hydrogen-bond donors (Lipinski definition) is 2. The number of anilines is 1. The summed E-state index contributed by atoms with van der Waals surface area (Å²) in [5.74, 6) is 1.49. The summed E-state index contributed by atoms with van der Waals surface area (Å²) >= 11 is 0. The van der Waals surface area contributed by atoms with Crippen LogP contribution in [-0.4, -0.2) is 11.7 Å². The van der Waals surface area contributed by atoms with Crippen LogP contribution >= 0.6 is 0 Å². The SMILES string of the molecule is Oc1cccc([C@H]2Nc3ccc(-c4cc5ccccc5o4)cc3C3OCCC[C@H]32)c1. The van der Waals surface area contributed by atoms with Crippen molar-refractivity contribution in [3.8, 4) is 17.1 Å². The van der Waals surface area contributed by atoms with E-state index in [1.54, 1.807) is 6.07 Å². The van der Waals surface area contributed by atoms with Gasteiger partial charge in [-0.2, -0.15) is 0 Å². The molecule has 4 aromatic rings. The number of benzene rings is 3. The fourth-order valence-electron chi connectivity index (χ4n) is 5.00. The van der Waals surface area contributed by atoms with Crippen molar-refractivity contribution in [1.82, 2.24) is 0 Å². The predicted octanol–water partition coefficient (Wildman–Crippen LogP) is 6.44. The number of fused-ring (bicyclic) bond motifs is 4. The molecule has 0 spiro atoms. The molecule has 2 aliphatic heterocycles. The van der Waals surface area contributed by atoms with E-state index in [4.69, 9.17) is 9.15 Å². The van der Waals surface area contributed by atoms with Gasteiger partial charge in [-0.3, -0.25) is 0 Å². The van der Waals surface area contributed by atoms with Crippen molar-refractivity contribution >= 4 is 16.7 Å². The zero-order valence-electron chi connectivity index (χ0n) is 16.5. The number of phenolic OH excluding ortho intramolecular Hbond substituents is 1. The summed E-state index contributed by atoms with van der Waals surface area (Å²) < 4.78 is 12.4. The largest absolute Gasteiger partial charge is 0.508 e. The van der Waals surface area contributed by atoms with Crippen LogP contribution in [0.15, 0.2) is 77.2 Å². The Morgan fingerprint density at radius 3 is 2.77 bits per heavy atom. The van der Waals surface area contributed by atoms with Crippen LogP contribution in [0.2, 0.25) is 0 Å². The Morgan fingerprint density at radius 2 is 1.87 bits per heavy atom. The van der Waals surface area contributed by atoms with Crippen molar-refractivity contribution in [1.29, 1.82) is 0 Å². The van der Waals surface area contributed by atoms with E-state index in [1.165, 1.54) is 5.56 Å². The van der Waals surface area contributed by atoms with E-state index in [9.17, 15) is 5.11 Å². The number of aromatic hydroxyl groups is 1. The van der Waals surface area contributed by atoms with Crippen LogP contribution in [-0.2, 0) is 4.74 Å². The molecule has 4 heteroatoms. The normalized spacial score (nSPS) is 22.9. The van der Waals surface area contributed by atoms with Crippen molar-refractivity contribution in [2.24, 2.45) is 5.92 Å². The molecule has 1 fully saturated rings. The molecule has 3 aromatic carbocycles. The first-order valence-electron chi connectivity index (χ1n) is 10.6. The van der Waals surface area contributed by atoms with Crippen molar-refractivity contribution in [3.63, 3.8) is 0 Å². The highest BCUT2D eigenvalue weighted by Gasteiger charge is 2.40. The number of furan rings is 1. The Balaban J connectivity index is 1.42. The van der Waals surface area contributed by atoms with E-state index >= 15 is 0 Å². The fourth-order valence-corrected chi connectivity index (χ4v) is 5.00. The highest BCUT2D eigenvalue weighted by molar-refractivity contribution is 5.83. The molecule has 1 unspecified atom stereocenters. The summed E-state index contributed by atoms with van der Waals surface area (Å²) in [6.45, 7) is 0.780. The van der Waals surface area contributed by atoms with Gasteiger partial charge in [0.1, 0.15) is 17.1 Å². The van der Waals surface area contributed by atoms with Gasteiger partial charge in [0.15, 0.2) is 0 Å². The Kier molecular flexibility index (Phi) is 4.06. The molecular formula is C26H23NO3. The van der Waals surface area contributed by atoms with Gasteiger partial charge in [-0.1, -0.05) is 30.3 Å². The molecule has 6 rings (SSSR count). The molecule has 2 N–H and O–H groups in total. The van der Waals surface area contributed by atoms with Gasteiger partial charge in [-0.15, -0.1) is 0 Å². The van der Waals surface area contributed by atoms with E-state index in [1.807, 2.05) is 30.3 Å². The Hall–Kier alpha value is -3.24. The van der Waals surface area contributed by atoms with Crippen LogP contribution in [0.3, 0.4) is 0 Å². The molecule has 2 aliphatic rings. The average molecular weight is 397 g/mol. The molecule has 0 saturated carbocycles. The van der Waals surface area contributed by atoms with Crippen molar-refractivity contribution in [2.45, 2.75) is 25.0 Å². The van der Waals surface area contributed by atoms with Gasteiger partial charge in [0.25, 0.3) is 0 Å². The molecule has 3 atom stereocenters. The van der Waals surface area contributed by atoms with Crippen LogP contribution in [0.5, 0.6) is 5.75 Å². The monoisotopic (exact) mass is 397 g/mol. The van der Waals surface area contributed by atoms with E-state index < -0.39 is 0 Å². The van der Waals surface area contributed by atoms with Gasteiger partial charge in [0, 0.05) is 34.7 Å².